The second kappa shape index (κ2) is 9.92. The molecule has 1 aromatic heterocycles. The maximum atomic E-state index is 13.8. The predicted molar refractivity (Wildman–Crippen MR) is 155 cm³/mol. The number of methoxy groups -OCH3 is 2. The smallest absolute Gasteiger partial charge is 0.305 e. The number of ether oxygens (including phenoxy) is 2. The van der Waals surface area contributed by atoms with E-state index in [4.69, 9.17) is 21.1 Å². The van der Waals surface area contributed by atoms with Gasteiger partial charge in [-0.05, 0) is 66.1 Å². The Morgan fingerprint density at radius 2 is 1.73 bits per heavy atom. The summed E-state index contributed by atoms with van der Waals surface area (Å²) in [4.78, 5) is 57.8. The molecule has 212 valence electrons. The highest BCUT2D eigenvalue weighted by Crippen LogP contribution is 2.68. The number of H-pyrrole nitrogens is 1. The zero-order valence-electron chi connectivity index (χ0n) is 22.1. The molecule has 2 aromatic carbocycles. The largest absolute Gasteiger partial charge is 0.493 e. The van der Waals surface area contributed by atoms with Gasteiger partial charge in [-0.25, -0.2) is 0 Å². The Balaban J connectivity index is 1.20. The molecule has 7 rings (SSSR count). The molecule has 12 heteroatoms. The minimum atomic E-state index is -0.475. The van der Waals surface area contributed by atoms with Crippen LogP contribution >= 0.6 is 34.7 Å². The number of nitrogens with one attached hydrogen (secondary N) is 2. The van der Waals surface area contributed by atoms with E-state index in [0.717, 1.165) is 26.8 Å². The maximum absolute atomic E-state index is 13.8. The van der Waals surface area contributed by atoms with Gasteiger partial charge < -0.3 is 19.8 Å². The maximum Gasteiger partial charge on any atom is 0.305 e. The molecule has 2 aliphatic heterocycles. The van der Waals surface area contributed by atoms with Gasteiger partial charge in [0.1, 0.15) is 6.54 Å². The Morgan fingerprint density at radius 1 is 1.02 bits per heavy atom. The van der Waals surface area contributed by atoms with E-state index in [1.54, 1.807) is 50.2 Å². The number of carbonyl (C=O) groups is 3. The number of likely N-dealkylation sites (tertiary alicyclic amines) is 1. The van der Waals surface area contributed by atoms with Gasteiger partial charge in [-0.2, -0.15) is 0 Å². The monoisotopic (exact) mass is 611 g/mol. The molecule has 2 aliphatic carbocycles. The number of hydrogen-bond donors (Lipinski definition) is 2. The SMILES string of the molecule is COc1ccc([C@H]2c3sc(=O)[nH]c3SC3C4CC(C5C(=O)N(CC(=O)Nc6ccc(Cl)cc6)C(=O)C45)C32)cc1OC. The Hall–Kier alpha value is -3.28. The fourth-order valence-electron chi connectivity index (χ4n) is 7.53. The molecule has 3 aromatic rings. The summed E-state index contributed by atoms with van der Waals surface area (Å²) in [5.74, 6) is -0.883. The van der Waals surface area contributed by atoms with Crippen molar-refractivity contribution in [3.8, 4) is 11.5 Å². The molecule has 3 fully saturated rings. The molecule has 3 amide bonds. The second-order valence-electron chi connectivity index (χ2n) is 10.9. The van der Waals surface area contributed by atoms with E-state index in [0.29, 0.717) is 22.2 Å². The lowest BCUT2D eigenvalue weighted by atomic mass is 9.68. The Morgan fingerprint density at radius 3 is 2.44 bits per heavy atom. The lowest BCUT2D eigenvalue weighted by molar-refractivity contribution is -0.143. The second-order valence-corrected chi connectivity index (χ2v) is 13.5. The standard InChI is InChI=1S/C29H26ClN3O6S2/c1-38-17-8-3-12(9-18(17)39-2)20-21-15-10-16(24(21)40-26-25(20)41-29(37)32-26)23-22(15)27(35)33(28(23)36)11-19(34)31-14-6-4-13(30)5-7-14/h3-9,15-16,20-24H,10-11H2,1-2H3,(H,31,34)(H,32,37)/t15?,16?,20-,21?,22?,23?,24?/m1/s1. The number of thiazole rings is 1. The summed E-state index contributed by atoms with van der Waals surface area (Å²) in [5.41, 5.74) is 1.52. The van der Waals surface area contributed by atoms with Crippen LogP contribution in [0.4, 0.5) is 5.69 Å². The van der Waals surface area contributed by atoms with E-state index in [-0.39, 0.29) is 52.2 Å². The van der Waals surface area contributed by atoms with Crippen LogP contribution in [0.25, 0.3) is 0 Å². The van der Waals surface area contributed by atoms with Crippen molar-refractivity contribution in [3.05, 3.63) is 67.6 Å². The number of imide groups is 1. The number of halogens is 1. The van der Waals surface area contributed by atoms with E-state index < -0.39 is 17.7 Å². The van der Waals surface area contributed by atoms with Crippen LogP contribution in [0.3, 0.4) is 0 Å². The van der Waals surface area contributed by atoms with E-state index in [1.807, 2.05) is 18.2 Å². The first-order chi connectivity index (χ1) is 19.8. The number of amides is 3. The third-order valence-corrected chi connectivity index (χ3v) is 11.9. The lowest BCUT2D eigenvalue weighted by Gasteiger charge is -2.43. The third kappa shape index (κ3) is 4.11. The number of aromatic nitrogens is 1. The average molecular weight is 612 g/mol. The molecular formula is C29H26ClN3O6S2. The summed E-state index contributed by atoms with van der Waals surface area (Å²) in [6, 6.07) is 12.5. The van der Waals surface area contributed by atoms with Gasteiger partial charge in [-0.15, -0.1) is 11.8 Å². The molecule has 9 nitrogen and oxygen atoms in total. The summed E-state index contributed by atoms with van der Waals surface area (Å²) < 4.78 is 11.0. The van der Waals surface area contributed by atoms with Gasteiger partial charge in [0.15, 0.2) is 11.5 Å². The van der Waals surface area contributed by atoms with Crippen molar-refractivity contribution in [1.82, 2.24) is 9.88 Å². The van der Waals surface area contributed by atoms with Crippen LogP contribution in [0.1, 0.15) is 22.8 Å². The number of thioether (sulfide) groups is 1. The van der Waals surface area contributed by atoms with Crippen molar-refractivity contribution in [2.45, 2.75) is 22.6 Å². The fraction of sp³-hybridized carbons (Fsp3) is 0.379. The average Bonchev–Trinajstić information content (AvgIpc) is 3.70. The first-order valence-electron chi connectivity index (χ1n) is 13.3. The Labute approximate surface area is 248 Å². The minimum Gasteiger partial charge on any atom is -0.493 e. The number of carbonyl (C=O) groups excluding carboxylic acids is 3. The number of benzene rings is 2. The number of hydrogen-bond acceptors (Lipinski definition) is 8. The third-order valence-electron chi connectivity index (χ3n) is 9.01. The van der Waals surface area contributed by atoms with Crippen molar-refractivity contribution in [2.24, 2.45) is 29.6 Å². The van der Waals surface area contributed by atoms with E-state index in [2.05, 4.69) is 10.3 Å². The first-order valence-corrected chi connectivity index (χ1v) is 15.4. The summed E-state index contributed by atoms with van der Waals surface area (Å²) in [5, 5.41) is 4.18. The molecule has 0 radical (unpaired) electrons. The molecule has 7 atom stereocenters. The minimum absolute atomic E-state index is 0.0278. The molecule has 6 unspecified atom stereocenters. The van der Waals surface area contributed by atoms with E-state index in [1.165, 1.54) is 11.3 Å². The summed E-state index contributed by atoms with van der Waals surface area (Å²) in [6.07, 6.45) is 0.767. The topological polar surface area (TPSA) is 118 Å². The summed E-state index contributed by atoms with van der Waals surface area (Å²) in [7, 11) is 3.17. The highest BCUT2D eigenvalue weighted by Gasteiger charge is 2.69. The Kier molecular flexibility index (Phi) is 6.44. The molecule has 3 heterocycles. The molecule has 2 N–H and O–H groups in total. The molecular weight excluding hydrogens is 586 g/mol. The van der Waals surface area contributed by atoms with Gasteiger partial charge in [0.05, 0.1) is 31.1 Å². The van der Waals surface area contributed by atoms with Crippen LogP contribution in [0, 0.1) is 29.6 Å². The number of anilines is 1. The normalized spacial score (nSPS) is 29.2. The molecule has 4 aliphatic rings. The van der Waals surface area contributed by atoms with E-state index in [9.17, 15) is 19.2 Å². The van der Waals surface area contributed by atoms with Gasteiger partial charge in [-0.3, -0.25) is 24.1 Å². The number of rotatable bonds is 6. The van der Waals surface area contributed by atoms with Gasteiger partial charge in [0.25, 0.3) is 0 Å². The zero-order chi connectivity index (χ0) is 28.6. The molecule has 0 spiro atoms. The van der Waals surface area contributed by atoms with Gasteiger partial charge in [0.2, 0.25) is 17.7 Å². The van der Waals surface area contributed by atoms with E-state index >= 15 is 0 Å². The lowest BCUT2D eigenvalue weighted by Crippen LogP contribution is -2.42. The van der Waals surface area contributed by atoms with Crippen molar-refractivity contribution >= 4 is 58.1 Å². The molecule has 2 saturated carbocycles. The van der Waals surface area contributed by atoms with Crippen LogP contribution in [-0.4, -0.2) is 53.6 Å². The fourth-order valence-corrected chi connectivity index (χ4v) is 10.5. The zero-order valence-corrected chi connectivity index (χ0v) is 24.5. The molecule has 2 bridgehead atoms. The molecule has 41 heavy (non-hydrogen) atoms. The number of fused-ring (bicyclic) bond motifs is 9. The first kappa shape index (κ1) is 26.6. The van der Waals surface area contributed by atoms with Crippen molar-refractivity contribution in [1.29, 1.82) is 0 Å². The number of nitrogens with zero attached hydrogens (tertiary/aromatic N) is 1. The van der Waals surface area contributed by atoms with Crippen molar-refractivity contribution in [2.75, 3.05) is 26.1 Å². The Bertz CT molecular complexity index is 1640. The van der Waals surface area contributed by atoms with Gasteiger partial charge in [0, 0.05) is 26.8 Å². The van der Waals surface area contributed by atoms with Crippen LogP contribution in [0.15, 0.2) is 52.3 Å². The highest BCUT2D eigenvalue weighted by atomic mass is 35.5. The van der Waals surface area contributed by atoms with Crippen molar-refractivity contribution in [3.63, 3.8) is 0 Å². The number of aromatic amines is 1. The van der Waals surface area contributed by atoms with Crippen LogP contribution < -0.4 is 19.7 Å². The van der Waals surface area contributed by atoms with Crippen molar-refractivity contribution < 1.29 is 23.9 Å². The van der Waals surface area contributed by atoms with Gasteiger partial charge >= 0.3 is 4.87 Å². The highest BCUT2D eigenvalue weighted by molar-refractivity contribution is 8.00. The quantitative estimate of drug-likeness (QED) is 0.401. The van der Waals surface area contributed by atoms with Crippen LogP contribution in [0.5, 0.6) is 11.5 Å². The summed E-state index contributed by atoms with van der Waals surface area (Å²) >= 11 is 8.76. The van der Waals surface area contributed by atoms with Crippen LogP contribution in [-0.2, 0) is 14.4 Å². The summed E-state index contributed by atoms with van der Waals surface area (Å²) in [6.45, 7) is -0.324. The predicted octanol–water partition coefficient (Wildman–Crippen LogP) is 4.22. The van der Waals surface area contributed by atoms with Crippen LogP contribution in [0.2, 0.25) is 5.02 Å². The van der Waals surface area contributed by atoms with Gasteiger partial charge in [-0.1, -0.05) is 29.0 Å². The molecule has 1 saturated heterocycles.